The van der Waals surface area contributed by atoms with Gasteiger partial charge in [0.15, 0.2) is 0 Å². The van der Waals surface area contributed by atoms with Crippen LogP contribution in [0.1, 0.15) is 86.7 Å². The number of benzene rings is 2. The van der Waals surface area contributed by atoms with Crippen molar-refractivity contribution in [1.82, 2.24) is 0 Å². The number of hydrogen-bond donors (Lipinski definition) is 0. The molecule has 1 aliphatic carbocycles. The van der Waals surface area contributed by atoms with E-state index in [0.29, 0.717) is 17.2 Å². The van der Waals surface area contributed by atoms with Crippen molar-refractivity contribution >= 4 is 12.0 Å². The number of rotatable bonds is 12. The van der Waals surface area contributed by atoms with E-state index in [-0.39, 0.29) is 5.97 Å². The molecule has 0 N–H and O–H groups in total. The van der Waals surface area contributed by atoms with Gasteiger partial charge in [-0.15, -0.1) is 0 Å². The largest absolute Gasteiger partial charge is 0.423 e. The van der Waals surface area contributed by atoms with Crippen LogP contribution in [0.3, 0.4) is 0 Å². The molecule has 0 radical (unpaired) electrons. The third-order valence-corrected chi connectivity index (χ3v) is 6.50. The third kappa shape index (κ3) is 8.81. The van der Waals surface area contributed by atoms with Crippen molar-refractivity contribution < 1.29 is 14.3 Å². The van der Waals surface area contributed by atoms with E-state index in [1.807, 2.05) is 36.4 Å². The Morgan fingerprint density at radius 1 is 0.909 bits per heavy atom. The van der Waals surface area contributed by atoms with Crippen LogP contribution in [0.15, 0.2) is 54.6 Å². The molecule has 2 aromatic carbocycles. The van der Waals surface area contributed by atoms with Crippen molar-refractivity contribution in [2.24, 2.45) is 11.8 Å². The summed E-state index contributed by atoms with van der Waals surface area (Å²) >= 11 is 0. The first-order chi connectivity index (χ1) is 16.2. The molecule has 0 unspecified atom stereocenters. The Bertz CT molecular complexity index is 843. The lowest BCUT2D eigenvalue weighted by atomic mass is 9.82. The van der Waals surface area contributed by atoms with E-state index in [2.05, 4.69) is 38.1 Å². The van der Waals surface area contributed by atoms with Crippen molar-refractivity contribution in [2.45, 2.75) is 71.6 Å². The zero-order chi connectivity index (χ0) is 23.3. The van der Waals surface area contributed by atoms with Crippen LogP contribution in [0.2, 0.25) is 0 Å². The molecule has 1 aliphatic rings. The van der Waals surface area contributed by atoms with Crippen LogP contribution in [0.25, 0.3) is 6.08 Å². The van der Waals surface area contributed by atoms with Crippen LogP contribution in [-0.4, -0.2) is 19.2 Å². The molecule has 0 amide bonds. The molecule has 3 heteroatoms. The number of allylic oxidation sites excluding steroid dienone is 1. The second-order valence-corrected chi connectivity index (χ2v) is 9.33. The Kier molecular flexibility index (Phi) is 10.7. The molecule has 3 rings (SSSR count). The summed E-state index contributed by atoms with van der Waals surface area (Å²) in [5.41, 5.74) is 2.99. The molecule has 2 aromatic rings. The number of ether oxygens (including phenoxy) is 2. The quantitative estimate of drug-likeness (QED) is 0.188. The lowest BCUT2D eigenvalue weighted by Crippen LogP contribution is -2.18. The van der Waals surface area contributed by atoms with Crippen molar-refractivity contribution in [2.75, 3.05) is 13.2 Å². The highest BCUT2D eigenvalue weighted by Gasteiger charge is 2.19. The molecular weight excluding hydrogens is 408 g/mol. The maximum Gasteiger partial charge on any atom is 0.343 e. The van der Waals surface area contributed by atoms with Gasteiger partial charge in [0.2, 0.25) is 0 Å². The van der Waals surface area contributed by atoms with Gasteiger partial charge in [0.05, 0.1) is 5.56 Å². The maximum atomic E-state index is 12.5. The van der Waals surface area contributed by atoms with Gasteiger partial charge in [0.1, 0.15) is 5.75 Å². The molecule has 178 valence electrons. The van der Waals surface area contributed by atoms with Crippen LogP contribution in [-0.2, 0) is 11.2 Å². The van der Waals surface area contributed by atoms with Crippen LogP contribution in [0, 0.1) is 11.8 Å². The van der Waals surface area contributed by atoms with E-state index in [0.717, 1.165) is 37.5 Å². The van der Waals surface area contributed by atoms with E-state index in [1.54, 1.807) is 0 Å². The molecule has 0 aromatic heterocycles. The summed E-state index contributed by atoms with van der Waals surface area (Å²) in [4.78, 5) is 12.5. The summed E-state index contributed by atoms with van der Waals surface area (Å²) in [7, 11) is 0. The van der Waals surface area contributed by atoms with Gasteiger partial charge in [-0.1, -0.05) is 63.1 Å². The van der Waals surface area contributed by atoms with E-state index in [4.69, 9.17) is 9.47 Å². The highest BCUT2D eigenvalue weighted by Crippen LogP contribution is 2.30. The number of hydrogen-bond acceptors (Lipinski definition) is 3. The van der Waals surface area contributed by atoms with Crippen LogP contribution >= 0.6 is 0 Å². The number of esters is 1. The van der Waals surface area contributed by atoms with Crippen molar-refractivity contribution in [3.63, 3.8) is 0 Å². The topological polar surface area (TPSA) is 35.5 Å². The monoisotopic (exact) mass is 448 g/mol. The second kappa shape index (κ2) is 14.0. The summed E-state index contributed by atoms with van der Waals surface area (Å²) in [6, 6.07) is 15.6. The second-order valence-electron chi connectivity index (χ2n) is 9.33. The number of unbranched alkanes of at least 4 members (excludes halogenated alkanes) is 2. The van der Waals surface area contributed by atoms with Crippen molar-refractivity contribution in [1.29, 1.82) is 0 Å². The molecular formula is C30H40O3. The van der Waals surface area contributed by atoms with E-state index < -0.39 is 0 Å². The molecule has 0 aliphatic heterocycles. The fraction of sp³-hybridized carbons (Fsp3) is 0.500. The van der Waals surface area contributed by atoms with Crippen LogP contribution < -0.4 is 4.74 Å². The molecule has 0 spiro atoms. The van der Waals surface area contributed by atoms with Gasteiger partial charge < -0.3 is 9.47 Å². The Morgan fingerprint density at radius 3 is 2.30 bits per heavy atom. The Morgan fingerprint density at radius 2 is 1.64 bits per heavy atom. The van der Waals surface area contributed by atoms with E-state index in [1.165, 1.54) is 50.5 Å². The normalized spacial score (nSPS) is 18.5. The number of carbonyl (C=O) groups is 1. The SMILES string of the molecule is CCCCCc1ccc(OC(=O)c2ccc(/C=C/C3CCC(COCCC)CC3)cc2)cc1. The minimum Gasteiger partial charge on any atom is -0.423 e. The fourth-order valence-corrected chi connectivity index (χ4v) is 4.39. The van der Waals surface area contributed by atoms with Gasteiger partial charge in [-0.3, -0.25) is 0 Å². The smallest absolute Gasteiger partial charge is 0.343 e. The lowest BCUT2D eigenvalue weighted by molar-refractivity contribution is 0.0734. The zero-order valence-corrected chi connectivity index (χ0v) is 20.4. The highest BCUT2D eigenvalue weighted by molar-refractivity contribution is 5.91. The van der Waals surface area contributed by atoms with Gasteiger partial charge in [0.25, 0.3) is 0 Å². The minimum atomic E-state index is -0.312. The van der Waals surface area contributed by atoms with Gasteiger partial charge in [0, 0.05) is 13.2 Å². The summed E-state index contributed by atoms with van der Waals surface area (Å²) in [5, 5.41) is 0. The lowest BCUT2D eigenvalue weighted by Gasteiger charge is -2.26. The van der Waals surface area contributed by atoms with E-state index >= 15 is 0 Å². The molecule has 3 nitrogen and oxygen atoms in total. The Labute approximate surface area is 200 Å². The number of aryl methyl sites for hydroxylation is 1. The minimum absolute atomic E-state index is 0.312. The summed E-state index contributed by atoms with van der Waals surface area (Å²) in [6.07, 6.45) is 15.3. The Balaban J connectivity index is 1.43. The van der Waals surface area contributed by atoms with Crippen molar-refractivity contribution in [3.05, 3.63) is 71.3 Å². The van der Waals surface area contributed by atoms with Gasteiger partial charge in [-0.25, -0.2) is 4.79 Å². The number of carbonyl (C=O) groups excluding carboxylic acids is 1. The Hall–Kier alpha value is -2.39. The standard InChI is InChI=1S/C30H40O3/c1-3-5-6-7-24-16-20-29(21-17-24)33-30(31)28-18-14-26(15-19-28)9-8-25-10-12-27(13-11-25)23-32-22-4-2/h8-9,14-21,25,27H,3-7,10-13,22-23H2,1-2H3/b9-8+. The van der Waals surface area contributed by atoms with Gasteiger partial charge in [-0.2, -0.15) is 0 Å². The first-order valence-electron chi connectivity index (χ1n) is 12.8. The van der Waals surface area contributed by atoms with Gasteiger partial charge in [-0.05, 0) is 92.2 Å². The van der Waals surface area contributed by atoms with Crippen LogP contribution in [0.5, 0.6) is 5.75 Å². The molecule has 0 heterocycles. The summed E-state index contributed by atoms with van der Waals surface area (Å²) in [5.74, 6) is 1.65. The predicted molar refractivity (Wildman–Crippen MR) is 137 cm³/mol. The first-order valence-corrected chi connectivity index (χ1v) is 12.8. The van der Waals surface area contributed by atoms with Crippen LogP contribution in [0.4, 0.5) is 0 Å². The molecule has 33 heavy (non-hydrogen) atoms. The first kappa shape index (κ1) is 25.2. The highest BCUT2D eigenvalue weighted by atomic mass is 16.5. The van der Waals surface area contributed by atoms with E-state index in [9.17, 15) is 4.79 Å². The average Bonchev–Trinajstić information content (AvgIpc) is 2.85. The predicted octanol–water partition coefficient (Wildman–Crippen LogP) is 7.88. The van der Waals surface area contributed by atoms with Gasteiger partial charge >= 0.3 is 5.97 Å². The maximum absolute atomic E-state index is 12.5. The molecule has 0 saturated heterocycles. The van der Waals surface area contributed by atoms with Crippen molar-refractivity contribution in [3.8, 4) is 5.75 Å². The molecule has 1 fully saturated rings. The summed E-state index contributed by atoms with van der Waals surface area (Å²) in [6.45, 7) is 6.17. The average molecular weight is 449 g/mol. The molecule has 0 bridgehead atoms. The molecule has 0 atom stereocenters. The third-order valence-electron chi connectivity index (χ3n) is 6.50. The fourth-order valence-electron chi connectivity index (χ4n) is 4.39. The zero-order valence-electron chi connectivity index (χ0n) is 20.4. The molecule has 1 saturated carbocycles. The summed E-state index contributed by atoms with van der Waals surface area (Å²) < 4.78 is 11.3.